The molecule has 2 aromatic carbocycles. The number of piperazine rings is 1. The zero-order valence-electron chi connectivity index (χ0n) is 27.6. The van der Waals surface area contributed by atoms with Gasteiger partial charge in [-0.15, -0.1) is 0 Å². The van der Waals surface area contributed by atoms with Crippen LogP contribution in [0.5, 0.6) is 5.75 Å². The minimum absolute atomic E-state index is 0.243. The van der Waals surface area contributed by atoms with E-state index in [9.17, 15) is 8.42 Å². The first-order valence-corrected chi connectivity index (χ1v) is 18.0. The summed E-state index contributed by atoms with van der Waals surface area (Å²) in [6, 6.07) is 14.1. The van der Waals surface area contributed by atoms with Crippen LogP contribution in [0.4, 0.5) is 5.69 Å². The SMILES string of the molecule is COc1cc(N2CCC(N3CCN(C(C)(C)C)CC3)CC2)ccc1Cc1ncc(Cl)c(Cc2ccccc2S(=O)(=O)C(C)C)n1. The predicted molar refractivity (Wildman–Crippen MR) is 183 cm³/mol. The van der Waals surface area contributed by atoms with Gasteiger partial charge in [0.25, 0.3) is 0 Å². The van der Waals surface area contributed by atoms with Crippen molar-refractivity contribution < 1.29 is 13.2 Å². The molecule has 10 heteroatoms. The van der Waals surface area contributed by atoms with E-state index >= 15 is 0 Å². The molecule has 0 amide bonds. The van der Waals surface area contributed by atoms with Crippen LogP contribution in [0.15, 0.2) is 53.6 Å². The van der Waals surface area contributed by atoms with Gasteiger partial charge in [0.05, 0.1) is 28.0 Å². The summed E-state index contributed by atoms with van der Waals surface area (Å²) in [7, 11) is -1.75. The highest BCUT2D eigenvalue weighted by Crippen LogP contribution is 2.31. The molecule has 0 radical (unpaired) electrons. The summed E-state index contributed by atoms with van der Waals surface area (Å²) >= 11 is 6.52. The van der Waals surface area contributed by atoms with Crippen LogP contribution in [0.3, 0.4) is 0 Å². The Bertz CT molecular complexity index is 1570. The van der Waals surface area contributed by atoms with Crippen molar-refractivity contribution in [1.82, 2.24) is 19.8 Å². The van der Waals surface area contributed by atoms with Crippen molar-refractivity contribution in [2.45, 2.75) is 82.0 Å². The number of piperidine rings is 1. The number of anilines is 1. The quantitative estimate of drug-likeness (QED) is 0.283. The Kier molecular flexibility index (Phi) is 10.4. The van der Waals surface area contributed by atoms with Gasteiger partial charge in [-0.05, 0) is 65.2 Å². The third kappa shape index (κ3) is 7.81. The molecular weight excluding hydrogens is 606 g/mol. The van der Waals surface area contributed by atoms with Crippen molar-refractivity contribution in [3.63, 3.8) is 0 Å². The van der Waals surface area contributed by atoms with Crippen molar-refractivity contribution in [1.29, 1.82) is 0 Å². The molecule has 0 aliphatic carbocycles. The number of halogens is 1. The van der Waals surface area contributed by atoms with Crippen LogP contribution in [-0.2, 0) is 22.7 Å². The summed E-state index contributed by atoms with van der Waals surface area (Å²) in [5.74, 6) is 1.42. The van der Waals surface area contributed by atoms with Gasteiger partial charge < -0.3 is 9.64 Å². The lowest BCUT2D eigenvalue weighted by Gasteiger charge is -2.46. The summed E-state index contributed by atoms with van der Waals surface area (Å²) in [4.78, 5) is 17.4. The van der Waals surface area contributed by atoms with E-state index < -0.39 is 15.1 Å². The van der Waals surface area contributed by atoms with E-state index in [1.54, 1.807) is 39.3 Å². The molecule has 2 saturated heterocycles. The number of rotatable bonds is 9. The Morgan fingerprint density at radius 2 is 1.64 bits per heavy atom. The molecule has 0 atom stereocenters. The monoisotopic (exact) mass is 653 g/mol. The zero-order valence-corrected chi connectivity index (χ0v) is 29.2. The molecule has 0 spiro atoms. The lowest BCUT2D eigenvalue weighted by atomic mass is 9.99. The third-order valence-corrected chi connectivity index (χ3v) is 11.9. The number of sulfone groups is 1. The fourth-order valence-corrected chi connectivity index (χ4v) is 7.95. The van der Waals surface area contributed by atoms with E-state index in [0.717, 1.165) is 50.6 Å². The molecule has 3 aromatic rings. The van der Waals surface area contributed by atoms with E-state index in [4.69, 9.17) is 21.3 Å². The van der Waals surface area contributed by atoms with Crippen LogP contribution in [0.1, 0.15) is 70.1 Å². The molecule has 2 aliphatic rings. The maximum Gasteiger partial charge on any atom is 0.180 e. The molecule has 2 aliphatic heterocycles. The molecule has 1 aromatic heterocycles. The Balaban J connectivity index is 1.25. The summed E-state index contributed by atoms with van der Waals surface area (Å²) in [5.41, 5.74) is 3.69. The van der Waals surface area contributed by atoms with Gasteiger partial charge in [0.15, 0.2) is 9.84 Å². The highest BCUT2D eigenvalue weighted by atomic mass is 35.5. The Morgan fingerprint density at radius 3 is 2.29 bits per heavy atom. The normalized spacial score (nSPS) is 17.6. The van der Waals surface area contributed by atoms with Crippen molar-refractivity contribution in [2.24, 2.45) is 0 Å². The maximum atomic E-state index is 13.0. The average molecular weight is 654 g/mol. The average Bonchev–Trinajstić information content (AvgIpc) is 3.02. The van der Waals surface area contributed by atoms with E-state index in [0.29, 0.717) is 45.9 Å². The molecule has 5 rings (SSSR count). The fourth-order valence-electron chi connectivity index (χ4n) is 6.51. The third-order valence-electron chi connectivity index (χ3n) is 9.35. The summed E-state index contributed by atoms with van der Waals surface area (Å²) in [6.45, 7) is 17.0. The smallest absolute Gasteiger partial charge is 0.180 e. The minimum atomic E-state index is -3.45. The molecule has 0 unspecified atom stereocenters. The minimum Gasteiger partial charge on any atom is -0.496 e. The molecule has 0 N–H and O–H groups in total. The number of nitrogens with zero attached hydrogens (tertiary/aromatic N) is 5. The number of hydrogen-bond donors (Lipinski definition) is 0. The van der Waals surface area contributed by atoms with Crippen LogP contribution >= 0.6 is 11.6 Å². The highest BCUT2D eigenvalue weighted by Gasteiger charge is 2.31. The molecule has 0 saturated carbocycles. The van der Waals surface area contributed by atoms with Crippen molar-refractivity contribution in [3.05, 3.63) is 76.3 Å². The first-order chi connectivity index (χ1) is 21.4. The Labute approximate surface area is 274 Å². The van der Waals surface area contributed by atoms with E-state index in [2.05, 4.69) is 58.7 Å². The number of hydrogen-bond acceptors (Lipinski definition) is 8. The number of benzene rings is 2. The van der Waals surface area contributed by atoms with Crippen LogP contribution in [0.25, 0.3) is 0 Å². The second-order valence-corrected chi connectivity index (χ2v) is 16.4. The van der Waals surface area contributed by atoms with E-state index in [1.807, 2.05) is 12.1 Å². The van der Waals surface area contributed by atoms with Gasteiger partial charge >= 0.3 is 0 Å². The summed E-state index contributed by atoms with van der Waals surface area (Å²) in [6.07, 6.45) is 4.72. The highest BCUT2D eigenvalue weighted by molar-refractivity contribution is 7.92. The van der Waals surface area contributed by atoms with Gasteiger partial charge in [0.1, 0.15) is 11.6 Å². The van der Waals surface area contributed by atoms with Crippen molar-refractivity contribution >= 4 is 27.1 Å². The van der Waals surface area contributed by atoms with Crippen molar-refractivity contribution in [2.75, 3.05) is 51.3 Å². The van der Waals surface area contributed by atoms with E-state index in [1.165, 1.54) is 18.5 Å². The number of methoxy groups -OCH3 is 1. The Hall–Kier alpha value is -2.72. The molecule has 8 nitrogen and oxygen atoms in total. The van der Waals surface area contributed by atoms with Gasteiger partial charge in [-0.1, -0.05) is 35.9 Å². The number of aromatic nitrogens is 2. The standard InChI is InChI=1S/C35H48ClN5O3S/c1-25(2)45(42,43)33-10-8-7-9-27(33)21-31-30(36)24-37-34(38-31)22-26-11-12-29(23-32(26)44-6)39-15-13-28(14-16-39)40-17-19-41(20-18-40)35(3,4)5/h7-12,23-25,28H,13-22H2,1-6H3. The van der Waals surface area contributed by atoms with Gasteiger partial charge in [0.2, 0.25) is 0 Å². The molecule has 45 heavy (non-hydrogen) atoms. The molecule has 244 valence electrons. The topological polar surface area (TPSA) is 78.9 Å². The van der Waals surface area contributed by atoms with E-state index in [-0.39, 0.29) is 5.54 Å². The second kappa shape index (κ2) is 14.0. The first-order valence-electron chi connectivity index (χ1n) is 16.1. The summed E-state index contributed by atoms with van der Waals surface area (Å²) < 4.78 is 31.8. The van der Waals surface area contributed by atoms with Crippen LogP contribution in [0, 0.1) is 0 Å². The molecule has 3 heterocycles. The van der Waals surface area contributed by atoms with Gasteiger partial charge in [-0.25, -0.2) is 18.4 Å². The maximum absolute atomic E-state index is 13.0. The van der Waals surface area contributed by atoms with Gasteiger partial charge in [-0.2, -0.15) is 0 Å². The number of ether oxygens (including phenoxy) is 1. The Morgan fingerprint density at radius 1 is 0.956 bits per heavy atom. The van der Waals surface area contributed by atoms with Gasteiger partial charge in [-0.3, -0.25) is 9.80 Å². The zero-order chi connectivity index (χ0) is 32.4. The lowest BCUT2D eigenvalue weighted by molar-refractivity contribution is 0.0364. The molecular formula is C35H48ClN5O3S. The fraction of sp³-hybridized carbons (Fsp3) is 0.543. The summed E-state index contributed by atoms with van der Waals surface area (Å²) in [5, 5.41) is -0.108. The van der Waals surface area contributed by atoms with Crippen LogP contribution in [-0.4, -0.2) is 91.4 Å². The second-order valence-electron chi connectivity index (χ2n) is 13.5. The van der Waals surface area contributed by atoms with Gasteiger partial charge in [0, 0.05) is 87.2 Å². The predicted octanol–water partition coefficient (Wildman–Crippen LogP) is 5.89. The molecule has 0 bridgehead atoms. The lowest BCUT2D eigenvalue weighted by Crippen LogP contribution is -2.57. The van der Waals surface area contributed by atoms with Crippen molar-refractivity contribution in [3.8, 4) is 5.75 Å². The first kappa shape index (κ1) is 33.6. The largest absolute Gasteiger partial charge is 0.496 e. The van der Waals surface area contributed by atoms with Crippen LogP contribution in [0.2, 0.25) is 5.02 Å². The molecule has 2 fully saturated rings. The van der Waals surface area contributed by atoms with Crippen LogP contribution < -0.4 is 9.64 Å².